The van der Waals surface area contributed by atoms with Crippen molar-refractivity contribution in [3.8, 4) is 0 Å². The van der Waals surface area contributed by atoms with Gasteiger partial charge in [-0.3, -0.25) is 9.59 Å². The number of rotatable bonds is 8. The number of nitrogens with one attached hydrogen (secondary N) is 1. The van der Waals surface area contributed by atoms with Crippen LogP contribution in [0.4, 0.5) is 0 Å². The Balaban J connectivity index is 2.64. The van der Waals surface area contributed by atoms with Crippen LogP contribution < -0.4 is 5.32 Å². The topological polar surface area (TPSA) is 86.6 Å². The second-order valence-electron chi connectivity index (χ2n) is 5.11. The van der Waals surface area contributed by atoms with Crippen molar-refractivity contribution in [2.24, 2.45) is 0 Å². The smallest absolute Gasteiger partial charge is 0.313 e. The lowest BCUT2D eigenvalue weighted by Crippen LogP contribution is -2.48. The van der Waals surface area contributed by atoms with Gasteiger partial charge in [-0.1, -0.05) is 12.2 Å². The van der Waals surface area contributed by atoms with Crippen LogP contribution in [0.5, 0.6) is 0 Å². The number of aliphatic hydroxyl groups is 1. The summed E-state index contributed by atoms with van der Waals surface area (Å²) in [4.78, 5) is 23.8. The predicted octanol–water partition coefficient (Wildman–Crippen LogP) is 1.34. The van der Waals surface area contributed by atoms with Crippen LogP contribution in [0.2, 0.25) is 0 Å². The molecule has 3 N–H and O–H groups in total. The van der Waals surface area contributed by atoms with Gasteiger partial charge in [-0.05, 0) is 37.2 Å². The fourth-order valence-electron chi connectivity index (χ4n) is 1.93. The summed E-state index contributed by atoms with van der Waals surface area (Å²) >= 11 is 1.30. The number of thioether (sulfide) groups is 1. The second-order valence-corrected chi connectivity index (χ2v) is 6.21. The molecule has 20 heavy (non-hydrogen) atoms. The van der Waals surface area contributed by atoms with Crippen molar-refractivity contribution in [2.75, 3.05) is 18.9 Å². The zero-order chi connectivity index (χ0) is 15.2. The van der Waals surface area contributed by atoms with Gasteiger partial charge in [-0.15, -0.1) is 11.8 Å². The zero-order valence-electron chi connectivity index (χ0n) is 11.8. The molecule has 0 atom stereocenters. The molecule has 0 amide bonds. The van der Waals surface area contributed by atoms with Gasteiger partial charge in [0.05, 0.1) is 17.9 Å². The number of aliphatic carboxylic acids is 1. The quantitative estimate of drug-likeness (QED) is 0.627. The van der Waals surface area contributed by atoms with Crippen molar-refractivity contribution in [1.82, 2.24) is 5.32 Å². The molecular formula is C14H21NO4S. The number of hydrogen-bond donors (Lipinski definition) is 3. The average molecular weight is 299 g/mol. The monoisotopic (exact) mass is 299 g/mol. The van der Waals surface area contributed by atoms with E-state index in [0.717, 1.165) is 10.5 Å². The van der Waals surface area contributed by atoms with Crippen LogP contribution in [0.25, 0.3) is 0 Å². The summed E-state index contributed by atoms with van der Waals surface area (Å²) in [7, 11) is 0. The summed E-state index contributed by atoms with van der Waals surface area (Å²) in [5.41, 5.74) is 0.0359. The summed E-state index contributed by atoms with van der Waals surface area (Å²) in [6, 6.07) is 0. The number of carbonyl (C=O) groups excluding carboxylic acids is 1. The summed E-state index contributed by atoms with van der Waals surface area (Å²) in [6.07, 6.45) is 4.93. The molecule has 0 aromatic carbocycles. The Kier molecular flexibility index (Phi) is 6.45. The van der Waals surface area contributed by atoms with Crippen molar-refractivity contribution in [3.63, 3.8) is 0 Å². The second kappa shape index (κ2) is 7.61. The molecule has 0 spiro atoms. The molecule has 0 aromatic heterocycles. The van der Waals surface area contributed by atoms with Crippen LogP contribution in [-0.2, 0) is 9.59 Å². The predicted molar refractivity (Wildman–Crippen MR) is 79.7 cm³/mol. The molecular weight excluding hydrogens is 278 g/mol. The standard InChI is InChI=1S/C14H21NO4S/c1-14(2,15-7-8-16)13(19)10-3-5-11(6-4-10)20-9-12(17)18/h3,5,15-16H,4,6-9H2,1-2H3,(H,17,18). The number of carbonyl (C=O) groups is 2. The summed E-state index contributed by atoms with van der Waals surface area (Å²) in [5.74, 6) is -0.771. The molecule has 5 nitrogen and oxygen atoms in total. The molecule has 0 aliphatic heterocycles. The first-order valence-corrected chi connectivity index (χ1v) is 7.50. The Hall–Kier alpha value is -1.11. The third-order valence-corrected chi connectivity index (χ3v) is 4.13. The molecule has 1 aliphatic rings. The maximum Gasteiger partial charge on any atom is 0.313 e. The Labute approximate surface area is 123 Å². The number of β-amino-alcohol motifs (C(OH)–C–C–N with tert-alkyl or cyclic N) is 1. The number of carboxylic acid groups (broad SMARTS) is 1. The first-order valence-electron chi connectivity index (χ1n) is 6.52. The molecule has 0 saturated carbocycles. The van der Waals surface area contributed by atoms with E-state index in [1.807, 2.05) is 6.08 Å². The lowest BCUT2D eigenvalue weighted by molar-refractivity contribution is -0.133. The van der Waals surface area contributed by atoms with Crippen molar-refractivity contribution >= 4 is 23.5 Å². The van der Waals surface area contributed by atoms with Gasteiger partial charge in [0.25, 0.3) is 0 Å². The van der Waals surface area contributed by atoms with Crippen molar-refractivity contribution in [3.05, 3.63) is 22.6 Å². The van der Waals surface area contributed by atoms with E-state index in [1.165, 1.54) is 11.8 Å². The van der Waals surface area contributed by atoms with E-state index in [9.17, 15) is 9.59 Å². The van der Waals surface area contributed by atoms with Gasteiger partial charge >= 0.3 is 5.97 Å². The van der Waals surface area contributed by atoms with E-state index in [4.69, 9.17) is 10.2 Å². The minimum absolute atomic E-state index is 0.00830. The molecule has 0 bridgehead atoms. The number of ketones is 1. The molecule has 0 aromatic rings. The first kappa shape index (κ1) is 16.9. The number of Topliss-reactive ketones (excluding diaryl/α,β-unsaturated/α-hetero) is 1. The van der Waals surface area contributed by atoms with E-state index in [2.05, 4.69) is 5.32 Å². The Morgan fingerprint density at radius 1 is 1.35 bits per heavy atom. The number of aliphatic hydroxyl groups excluding tert-OH is 1. The highest BCUT2D eigenvalue weighted by molar-refractivity contribution is 8.03. The lowest BCUT2D eigenvalue weighted by Gasteiger charge is -2.26. The third kappa shape index (κ3) is 5.11. The van der Waals surface area contributed by atoms with E-state index < -0.39 is 11.5 Å². The van der Waals surface area contributed by atoms with Crippen molar-refractivity contribution < 1.29 is 19.8 Å². The van der Waals surface area contributed by atoms with Crippen molar-refractivity contribution in [1.29, 1.82) is 0 Å². The molecule has 1 aliphatic carbocycles. The highest BCUT2D eigenvalue weighted by Gasteiger charge is 2.29. The molecule has 0 heterocycles. The highest BCUT2D eigenvalue weighted by Crippen LogP contribution is 2.29. The molecule has 6 heteroatoms. The number of allylic oxidation sites excluding steroid dienone is 3. The molecule has 1 rings (SSSR count). The lowest BCUT2D eigenvalue weighted by atomic mass is 9.89. The van der Waals surface area contributed by atoms with E-state index in [-0.39, 0.29) is 18.1 Å². The highest BCUT2D eigenvalue weighted by atomic mass is 32.2. The minimum Gasteiger partial charge on any atom is -0.481 e. The maximum atomic E-state index is 12.4. The number of hydrogen-bond acceptors (Lipinski definition) is 5. The fourth-order valence-corrected chi connectivity index (χ4v) is 2.65. The number of carboxylic acids is 1. The van der Waals surface area contributed by atoms with Gasteiger partial charge in [0.1, 0.15) is 0 Å². The molecule has 0 unspecified atom stereocenters. The SMILES string of the molecule is CC(C)(NCCO)C(=O)C1=CC=C(SCC(=O)O)CC1. The Morgan fingerprint density at radius 2 is 2.05 bits per heavy atom. The summed E-state index contributed by atoms with van der Waals surface area (Å²) < 4.78 is 0. The Morgan fingerprint density at radius 3 is 2.55 bits per heavy atom. The summed E-state index contributed by atoms with van der Waals surface area (Å²) in [5, 5.41) is 20.5. The van der Waals surface area contributed by atoms with Gasteiger partial charge in [0.15, 0.2) is 5.78 Å². The molecule has 0 radical (unpaired) electrons. The fraction of sp³-hybridized carbons (Fsp3) is 0.571. The normalized spacial score (nSPS) is 15.6. The van der Waals surface area contributed by atoms with Gasteiger partial charge in [0, 0.05) is 6.54 Å². The van der Waals surface area contributed by atoms with Gasteiger partial charge in [-0.2, -0.15) is 0 Å². The largest absolute Gasteiger partial charge is 0.481 e. The van der Waals surface area contributed by atoms with Gasteiger partial charge in [-0.25, -0.2) is 0 Å². The van der Waals surface area contributed by atoms with Gasteiger partial charge < -0.3 is 15.5 Å². The third-order valence-electron chi connectivity index (χ3n) is 3.03. The van der Waals surface area contributed by atoms with Crippen LogP contribution in [0.3, 0.4) is 0 Å². The zero-order valence-corrected chi connectivity index (χ0v) is 12.6. The molecule has 0 saturated heterocycles. The van der Waals surface area contributed by atoms with Crippen LogP contribution >= 0.6 is 11.8 Å². The Bertz CT molecular complexity index is 440. The van der Waals surface area contributed by atoms with E-state index >= 15 is 0 Å². The molecule has 0 fully saturated rings. The summed E-state index contributed by atoms with van der Waals surface area (Å²) in [6.45, 7) is 3.96. The minimum atomic E-state index is -0.837. The van der Waals surface area contributed by atoms with Gasteiger partial charge in [0.2, 0.25) is 0 Å². The average Bonchev–Trinajstić information content (AvgIpc) is 2.42. The van der Waals surface area contributed by atoms with Crippen LogP contribution in [0, 0.1) is 0 Å². The van der Waals surface area contributed by atoms with E-state index in [0.29, 0.717) is 19.4 Å². The maximum absolute atomic E-state index is 12.4. The first-order chi connectivity index (χ1) is 9.36. The van der Waals surface area contributed by atoms with E-state index in [1.54, 1.807) is 19.9 Å². The van der Waals surface area contributed by atoms with Crippen molar-refractivity contribution in [2.45, 2.75) is 32.2 Å². The molecule has 112 valence electrons. The van der Waals surface area contributed by atoms with Crippen LogP contribution in [0.15, 0.2) is 22.6 Å². The van der Waals surface area contributed by atoms with Crippen LogP contribution in [0.1, 0.15) is 26.7 Å². The van der Waals surface area contributed by atoms with Crippen LogP contribution in [-0.4, -0.2) is 46.4 Å².